The number of amides is 2. The summed E-state index contributed by atoms with van der Waals surface area (Å²) in [6, 6.07) is 6.92. The number of rotatable bonds is 7. The summed E-state index contributed by atoms with van der Waals surface area (Å²) in [6.07, 6.45) is 5.21. The SMILES string of the molecule is O=C(CNC(=O)Cn1cnc2ccccc2c1=O)NCCc1cnc[nH]1. The van der Waals surface area contributed by atoms with Gasteiger partial charge in [0.25, 0.3) is 5.56 Å². The number of benzene rings is 1. The molecule has 3 N–H and O–H groups in total. The molecule has 0 spiro atoms. The molecule has 9 heteroatoms. The summed E-state index contributed by atoms with van der Waals surface area (Å²) in [5.74, 6) is -0.741. The fraction of sp³-hybridized carbons (Fsp3) is 0.235. The van der Waals surface area contributed by atoms with Gasteiger partial charge >= 0.3 is 0 Å². The monoisotopic (exact) mass is 354 g/mol. The molecule has 0 unspecified atom stereocenters. The van der Waals surface area contributed by atoms with Gasteiger partial charge in [0.2, 0.25) is 11.8 Å². The number of aromatic amines is 1. The van der Waals surface area contributed by atoms with E-state index in [1.165, 1.54) is 10.9 Å². The maximum atomic E-state index is 12.3. The molecule has 0 saturated carbocycles. The molecule has 2 aromatic heterocycles. The van der Waals surface area contributed by atoms with Crippen LogP contribution in [0.4, 0.5) is 0 Å². The minimum Gasteiger partial charge on any atom is -0.354 e. The zero-order valence-corrected chi connectivity index (χ0v) is 13.9. The fourth-order valence-corrected chi connectivity index (χ4v) is 2.43. The van der Waals surface area contributed by atoms with Gasteiger partial charge in [-0.25, -0.2) is 9.97 Å². The summed E-state index contributed by atoms with van der Waals surface area (Å²) >= 11 is 0. The average molecular weight is 354 g/mol. The van der Waals surface area contributed by atoms with Gasteiger partial charge in [-0.3, -0.25) is 19.0 Å². The number of hydrogen-bond acceptors (Lipinski definition) is 5. The molecule has 26 heavy (non-hydrogen) atoms. The lowest BCUT2D eigenvalue weighted by atomic mass is 10.2. The van der Waals surface area contributed by atoms with Crippen LogP contribution in [0, 0.1) is 0 Å². The maximum absolute atomic E-state index is 12.3. The first-order valence-corrected chi connectivity index (χ1v) is 8.08. The molecule has 0 aliphatic carbocycles. The Hall–Kier alpha value is -3.49. The normalized spacial score (nSPS) is 10.6. The Morgan fingerprint density at radius 3 is 2.81 bits per heavy atom. The largest absolute Gasteiger partial charge is 0.354 e. The molecule has 3 aromatic rings. The number of carbonyl (C=O) groups excluding carboxylic acids is 2. The Kier molecular flexibility index (Phi) is 5.37. The second-order valence-corrected chi connectivity index (χ2v) is 5.65. The number of imidazole rings is 1. The Balaban J connectivity index is 1.47. The van der Waals surface area contributed by atoms with Gasteiger partial charge in [-0.15, -0.1) is 0 Å². The molecule has 1 aromatic carbocycles. The van der Waals surface area contributed by atoms with Crippen molar-refractivity contribution >= 4 is 22.7 Å². The van der Waals surface area contributed by atoms with Gasteiger partial charge in [-0.2, -0.15) is 0 Å². The van der Waals surface area contributed by atoms with Gasteiger partial charge in [-0.1, -0.05) is 12.1 Å². The van der Waals surface area contributed by atoms with Crippen LogP contribution in [0.2, 0.25) is 0 Å². The lowest BCUT2D eigenvalue weighted by Crippen LogP contribution is -2.40. The van der Waals surface area contributed by atoms with Crippen molar-refractivity contribution in [3.05, 3.63) is 59.2 Å². The van der Waals surface area contributed by atoms with E-state index in [0.29, 0.717) is 23.9 Å². The molecule has 2 heterocycles. The molecule has 3 rings (SSSR count). The fourth-order valence-electron chi connectivity index (χ4n) is 2.43. The summed E-state index contributed by atoms with van der Waals surface area (Å²) in [4.78, 5) is 47.0. The van der Waals surface area contributed by atoms with Crippen LogP contribution in [0.1, 0.15) is 5.69 Å². The van der Waals surface area contributed by atoms with Gasteiger partial charge in [0.1, 0.15) is 6.54 Å². The second-order valence-electron chi connectivity index (χ2n) is 5.65. The van der Waals surface area contributed by atoms with Crippen LogP contribution in [-0.4, -0.2) is 44.4 Å². The third-order valence-electron chi connectivity index (χ3n) is 3.76. The van der Waals surface area contributed by atoms with E-state index in [0.717, 1.165) is 5.69 Å². The molecule has 9 nitrogen and oxygen atoms in total. The first-order valence-electron chi connectivity index (χ1n) is 8.08. The Morgan fingerprint density at radius 2 is 2.00 bits per heavy atom. The van der Waals surface area contributed by atoms with Gasteiger partial charge in [0, 0.05) is 24.9 Å². The smallest absolute Gasteiger partial charge is 0.261 e. The molecule has 0 aliphatic heterocycles. The predicted molar refractivity (Wildman–Crippen MR) is 94.3 cm³/mol. The third-order valence-corrected chi connectivity index (χ3v) is 3.76. The highest BCUT2D eigenvalue weighted by Gasteiger charge is 2.09. The maximum Gasteiger partial charge on any atom is 0.261 e. The van der Waals surface area contributed by atoms with E-state index in [4.69, 9.17) is 0 Å². The first kappa shape index (κ1) is 17.3. The Labute approximate surface area is 148 Å². The molecule has 0 bridgehead atoms. The lowest BCUT2D eigenvalue weighted by Gasteiger charge is -2.08. The number of H-pyrrole nitrogens is 1. The van der Waals surface area contributed by atoms with E-state index in [1.54, 1.807) is 36.8 Å². The van der Waals surface area contributed by atoms with Crippen LogP contribution < -0.4 is 16.2 Å². The van der Waals surface area contributed by atoms with Gasteiger partial charge in [0.15, 0.2) is 0 Å². The predicted octanol–water partition coefficient (Wildman–Crippen LogP) is -0.405. The summed E-state index contributed by atoms with van der Waals surface area (Å²) < 4.78 is 1.22. The van der Waals surface area contributed by atoms with Crippen molar-refractivity contribution in [3.63, 3.8) is 0 Å². The number of carbonyl (C=O) groups is 2. The molecular formula is C17H18N6O3. The van der Waals surface area contributed by atoms with Crippen LogP contribution in [0.3, 0.4) is 0 Å². The highest BCUT2D eigenvalue weighted by atomic mass is 16.2. The van der Waals surface area contributed by atoms with Crippen LogP contribution in [0.25, 0.3) is 10.9 Å². The van der Waals surface area contributed by atoms with E-state index in [2.05, 4.69) is 25.6 Å². The zero-order valence-electron chi connectivity index (χ0n) is 13.9. The number of nitrogens with zero attached hydrogens (tertiary/aromatic N) is 3. The van der Waals surface area contributed by atoms with Crippen LogP contribution in [-0.2, 0) is 22.6 Å². The lowest BCUT2D eigenvalue weighted by molar-refractivity contribution is -0.126. The summed E-state index contributed by atoms with van der Waals surface area (Å²) in [5, 5.41) is 5.63. The van der Waals surface area contributed by atoms with Gasteiger partial charge in [0.05, 0.1) is 30.1 Å². The number of hydrogen-bond donors (Lipinski definition) is 3. The molecule has 0 radical (unpaired) electrons. The minimum absolute atomic E-state index is 0.155. The molecular weight excluding hydrogens is 336 g/mol. The standard InChI is InChI=1S/C17H18N6O3/c24-15(19-6-5-12-7-18-10-21-12)8-20-16(25)9-23-11-22-14-4-2-1-3-13(14)17(23)26/h1-4,7,10-11H,5-6,8-9H2,(H,18,21)(H,19,24)(H,20,25). The average Bonchev–Trinajstić information content (AvgIpc) is 3.16. The van der Waals surface area contributed by atoms with Crippen LogP contribution in [0.15, 0.2) is 47.9 Å². The summed E-state index contributed by atoms with van der Waals surface area (Å²) in [7, 11) is 0. The highest BCUT2D eigenvalue weighted by molar-refractivity contribution is 5.84. The second kappa shape index (κ2) is 8.06. The third kappa shape index (κ3) is 4.32. The van der Waals surface area contributed by atoms with Crippen molar-refractivity contribution < 1.29 is 9.59 Å². The topological polar surface area (TPSA) is 122 Å². The van der Waals surface area contributed by atoms with Crippen molar-refractivity contribution in [1.82, 2.24) is 30.2 Å². The molecule has 2 amide bonds. The van der Waals surface area contributed by atoms with Crippen molar-refractivity contribution in [2.75, 3.05) is 13.1 Å². The van der Waals surface area contributed by atoms with Crippen molar-refractivity contribution in [2.45, 2.75) is 13.0 Å². The molecule has 0 aliphatic rings. The first-order chi connectivity index (χ1) is 12.6. The molecule has 0 saturated heterocycles. The molecule has 0 atom stereocenters. The quantitative estimate of drug-likeness (QED) is 0.533. The molecule has 134 valence electrons. The Morgan fingerprint density at radius 1 is 1.15 bits per heavy atom. The summed E-state index contributed by atoms with van der Waals surface area (Å²) in [5.41, 5.74) is 1.19. The van der Waals surface area contributed by atoms with E-state index in [9.17, 15) is 14.4 Å². The zero-order chi connectivity index (χ0) is 18.4. The number of nitrogens with one attached hydrogen (secondary N) is 3. The van der Waals surface area contributed by atoms with E-state index in [-0.39, 0.29) is 24.6 Å². The van der Waals surface area contributed by atoms with Crippen LogP contribution in [0.5, 0.6) is 0 Å². The summed E-state index contributed by atoms with van der Waals surface area (Å²) in [6.45, 7) is 0.0839. The minimum atomic E-state index is -0.437. The highest BCUT2D eigenvalue weighted by Crippen LogP contribution is 2.04. The van der Waals surface area contributed by atoms with Gasteiger partial charge in [-0.05, 0) is 12.1 Å². The van der Waals surface area contributed by atoms with Gasteiger partial charge < -0.3 is 15.6 Å². The van der Waals surface area contributed by atoms with Crippen molar-refractivity contribution in [3.8, 4) is 0 Å². The van der Waals surface area contributed by atoms with Crippen LogP contribution >= 0.6 is 0 Å². The van der Waals surface area contributed by atoms with E-state index in [1.807, 2.05) is 0 Å². The number of fused-ring (bicyclic) bond motifs is 1. The Bertz CT molecular complexity index is 964. The number of para-hydroxylation sites is 1. The molecule has 0 fully saturated rings. The van der Waals surface area contributed by atoms with E-state index >= 15 is 0 Å². The van der Waals surface area contributed by atoms with Crippen molar-refractivity contribution in [2.24, 2.45) is 0 Å². The van der Waals surface area contributed by atoms with Crippen molar-refractivity contribution in [1.29, 1.82) is 0 Å². The number of aromatic nitrogens is 4. The van der Waals surface area contributed by atoms with E-state index < -0.39 is 5.91 Å².